The first-order valence-corrected chi connectivity index (χ1v) is 6.63. The van der Waals surface area contributed by atoms with Gasteiger partial charge in [-0.25, -0.2) is 9.98 Å². The molecule has 7 nitrogen and oxygen atoms in total. The van der Waals surface area contributed by atoms with Crippen LogP contribution in [-0.4, -0.2) is 32.0 Å². The third-order valence-electron chi connectivity index (χ3n) is 2.88. The smallest absolute Gasteiger partial charge is 0.278 e. The summed E-state index contributed by atoms with van der Waals surface area (Å²) >= 11 is 1.34. The number of carbonyl (C=O) groups is 1. The number of carbonyl (C=O) groups excluding carboxylic acids is 1. The zero-order valence-corrected chi connectivity index (χ0v) is 10.8. The van der Waals surface area contributed by atoms with Crippen molar-refractivity contribution < 1.29 is 4.79 Å². The lowest BCUT2D eigenvalue weighted by molar-refractivity contribution is -0.110. The van der Waals surface area contributed by atoms with Gasteiger partial charge in [-0.2, -0.15) is 0 Å². The molecule has 0 radical (unpaired) electrons. The van der Waals surface area contributed by atoms with Gasteiger partial charge in [0.05, 0.1) is 16.6 Å². The molecule has 2 aromatic heterocycles. The summed E-state index contributed by atoms with van der Waals surface area (Å²) in [5.41, 5.74) is 2.05. The highest BCUT2D eigenvalue weighted by Crippen LogP contribution is 2.32. The van der Waals surface area contributed by atoms with Gasteiger partial charge in [-0.05, 0) is 17.3 Å². The van der Waals surface area contributed by atoms with Crippen LogP contribution < -0.4 is 5.32 Å². The SMILES string of the molecule is O=C(Nc1nccs1)C1=Nc2cccc3nnnc1c23. The number of benzene rings is 1. The molecule has 0 spiro atoms. The fourth-order valence-electron chi connectivity index (χ4n) is 2.05. The van der Waals surface area contributed by atoms with Crippen molar-refractivity contribution in [3.05, 3.63) is 35.5 Å². The number of hydrogen-bond acceptors (Lipinski definition) is 7. The van der Waals surface area contributed by atoms with E-state index in [-0.39, 0.29) is 11.6 Å². The molecule has 3 heterocycles. The largest absolute Gasteiger partial charge is 0.296 e. The van der Waals surface area contributed by atoms with Crippen molar-refractivity contribution >= 4 is 44.7 Å². The minimum absolute atomic E-state index is 0.237. The van der Waals surface area contributed by atoms with E-state index in [1.165, 1.54) is 11.3 Å². The van der Waals surface area contributed by atoms with Crippen LogP contribution in [0.15, 0.2) is 34.8 Å². The van der Waals surface area contributed by atoms with Gasteiger partial charge >= 0.3 is 0 Å². The van der Waals surface area contributed by atoms with Crippen molar-refractivity contribution in [2.75, 3.05) is 5.32 Å². The Balaban J connectivity index is 1.79. The Morgan fingerprint density at radius 1 is 1.25 bits per heavy atom. The molecule has 1 N–H and O–H groups in total. The Morgan fingerprint density at radius 3 is 3.05 bits per heavy atom. The molecule has 8 heteroatoms. The lowest BCUT2D eigenvalue weighted by Gasteiger charge is -2.01. The third-order valence-corrected chi connectivity index (χ3v) is 3.57. The number of anilines is 1. The second kappa shape index (κ2) is 4.14. The summed E-state index contributed by atoms with van der Waals surface area (Å²) in [6, 6.07) is 5.45. The lowest BCUT2D eigenvalue weighted by Crippen LogP contribution is -2.23. The molecule has 0 aliphatic carbocycles. The number of thiazole rings is 1. The van der Waals surface area contributed by atoms with Gasteiger partial charge < -0.3 is 0 Å². The van der Waals surface area contributed by atoms with Crippen LogP contribution in [0.4, 0.5) is 10.8 Å². The molecule has 4 rings (SSSR count). The molecule has 0 saturated carbocycles. The topological polar surface area (TPSA) is 93.0 Å². The van der Waals surface area contributed by atoms with Crippen molar-refractivity contribution in [2.24, 2.45) is 4.99 Å². The first-order chi connectivity index (χ1) is 9.83. The molecule has 96 valence electrons. The molecule has 0 bridgehead atoms. The summed E-state index contributed by atoms with van der Waals surface area (Å²) in [6.07, 6.45) is 1.62. The van der Waals surface area contributed by atoms with E-state index in [0.29, 0.717) is 22.0 Å². The van der Waals surface area contributed by atoms with Gasteiger partial charge in [0.1, 0.15) is 5.69 Å². The van der Waals surface area contributed by atoms with Gasteiger partial charge in [0.2, 0.25) is 0 Å². The number of aliphatic imine (C=N–C) groups is 1. The number of nitrogens with zero attached hydrogens (tertiary/aromatic N) is 5. The van der Waals surface area contributed by atoms with Crippen molar-refractivity contribution in [1.82, 2.24) is 20.4 Å². The Hall–Kier alpha value is -2.74. The maximum Gasteiger partial charge on any atom is 0.278 e. The highest BCUT2D eigenvalue weighted by Gasteiger charge is 2.26. The zero-order valence-electron chi connectivity index (χ0n) is 9.94. The average molecular weight is 282 g/mol. The first-order valence-electron chi connectivity index (χ1n) is 5.75. The Morgan fingerprint density at radius 2 is 2.20 bits per heavy atom. The standard InChI is InChI=1S/C12H6N6OS/c19-11(15-12-13-4-5-20-12)10-9-8-6(14-10)2-1-3-7(8)16-18-17-9/h1-5H,(H,13,15,19). The van der Waals surface area contributed by atoms with Crippen LogP contribution in [0.5, 0.6) is 0 Å². The number of aromatic nitrogens is 4. The molecule has 1 aliphatic rings. The van der Waals surface area contributed by atoms with Crippen LogP contribution in [0.1, 0.15) is 5.69 Å². The van der Waals surface area contributed by atoms with Crippen molar-refractivity contribution in [3.63, 3.8) is 0 Å². The number of rotatable bonds is 2. The second-order valence-corrected chi connectivity index (χ2v) is 4.96. The molecule has 0 fully saturated rings. The summed E-state index contributed by atoms with van der Waals surface area (Å²) in [4.78, 5) is 20.6. The van der Waals surface area contributed by atoms with Crippen LogP contribution in [0, 0.1) is 0 Å². The monoisotopic (exact) mass is 282 g/mol. The predicted octanol–water partition coefficient (Wildman–Crippen LogP) is 1.55. The second-order valence-electron chi connectivity index (χ2n) is 4.06. The van der Waals surface area contributed by atoms with Crippen LogP contribution >= 0.6 is 11.3 Å². The van der Waals surface area contributed by atoms with Crippen LogP contribution in [0.3, 0.4) is 0 Å². The molecular formula is C12H6N6OS. The van der Waals surface area contributed by atoms with Crippen LogP contribution in [0.2, 0.25) is 0 Å². The summed E-state index contributed by atoms with van der Waals surface area (Å²) < 4.78 is 0. The minimum atomic E-state index is -0.349. The van der Waals surface area contributed by atoms with Crippen molar-refractivity contribution in [3.8, 4) is 0 Å². The highest BCUT2D eigenvalue weighted by molar-refractivity contribution is 7.13. The lowest BCUT2D eigenvalue weighted by atomic mass is 10.1. The highest BCUT2D eigenvalue weighted by atomic mass is 32.1. The van der Waals surface area contributed by atoms with E-state index in [1.807, 2.05) is 18.2 Å². The third kappa shape index (κ3) is 1.58. The molecule has 1 aliphatic heterocycles. The molecule has 1 amide bonds. The summed E-state index contributed by atoms with van der Waals surface area (Å²) in [5.74, 6) is -0.349. The van der Waals surface area contributed by atoms with Crippen molar-refractivity contribution in [2.45, 2.75) is 0 Å². The van der Waals surface area contributed by atoms with E-state index in [1.54, 1.807) is 11.6 Å². The van der Waals surface area contributed by atoms with E-state index in [4.69, 9.17) is 0 Å². The van der Waals surface area contributed by atoms with E-state index in [9.17, 15) is 4.79 Å². The van der Waals surface area contributed by atoms with Gasteiger partial charge in [-0.15, -0.1) is 21.5 Å². The maximum absolute atomic E-state index is 12.3. The predicted molar refractivity (Wildman–Crippen MR) is 74.3 cm³/mol. The van der Waals surface area contributed by atoms with E-state index >= 15 is 0 Å². The number of nitrogens with one attached hydrogen (secondary N) is 1. The molecule has 20 heavy (non-hydrogen) atoms. The average Bonchev–Trinajstić information content (AvgIpc) is 3.09. The summed E-state index contributed by atoms with van der Waals surface area (Å²) in [7, 11) is 0. The van der Waals surface area contributed by atoms with Gasteiger partial charge in [-0.1, -0.05) is 6.07 Å². The van der Waals surface area contributed by atoms with Gasteiger partial charge in [0, 0.05) is 11.6 Å². The number of amides is 1. The van der Waals surface area contributed by atoms with Crippen LogP contribution in [-0.2, 0) is 4.79 Å². The van der Waals surface area contributed by atoms with E-state index in [2.05, 4.69) is 30.7 Å². The fourth-order valence-corrected chi connectivity index (χ4v) is 2.58. The molecular weight excluding hydrogens is 276 g/mol. The van der Waals surface area contributed by atoms with E-state index < -0.39 is 0 Å². The van der Waals surface area contributed by atoms with E-state index in [0.717, 1.165) is 5.39 Å². The Kier molecular flexibility index (Phi) is 2.30. The summed E-state index contributed by atoms with van der Waals surface area (Å²) in [5, 5.41) is 17.3. The molecule has 0 saturated heterocycles. The minimum Gasteiger partial charge on any atom is -0.296 e. The van der Waals surface area contributed by atoms with Crippen LogP contribution in [0.25, 0.3) is 10.9 Å². The molecule has 1 aromatic carbocycles. The maximum atomic E-state index is 12.3. The Bertz CT molecular complexity index is 852. The Labute approximate surface area is 116 Å². The van der Waals surface area contributed by atoms with Crippen molar-refractivity contribution in [1.29, 1.82) is 0 Å². The quantitative estimate of drug-likeness (QED) is 0.769. The van der Waals surface area contributed by atoms with Gasteiger partial charge in [-0.3, -0.25) is 10.1 Å². The normalized spacial score (nSPS) is 12.5. The van der Waals surface area contributed by atoms with Gasteiger partial charge in [0.25, 0.3) is 5.91 Å². The summed E-state index contributed by atoms with van der Waals surface area (Å²) in [6.45, 7) is 0. The number of hydrogen-bond donors (Lipinski definition) is 1. The first kappa shape index (κ1) is 11.1. The fraction of sp³-hybridized carbons (Fsp3) is 0. The van der Waals surface area contributed by atoms with Gasteiger partial charge in [0.15, 0.2) is 10.8 Å². The zero-order chi connectivity index (χ0) is 13.5. The molecule has 3 aromatic rings. The molecule has 0 unspecified atom stereocenters. The molecule has 0 atom stereocenters.